The van der Waals surface area contributed by atoms with Crippen molar-refractivity contribution < 1.29 is 21.6 Å². The van der Waals surface area contributed by atoms with Crippen LogP contribution in [-0.2, 0) is 10.0 Å². The zero-order valence-corrected chi connectivity index (χ0v) is 15.2. The van der Waals surface area contributed by atoms with Gasteiger partial charge in [-0.2, -0.15) is 17.5 Å². The molecule has 0 atom stereocenters. The number of aromatic nitrogens is 3. The molecule has 1 fully saturated rings. The Balaban J connectivity index is 1.59. The number of nitrogens with zero attached hydrogens (tertiary/aromatic N) is 4. The highest BCUT2D eigenvalue weighted by Crippen LogP contribution is 2.36. The minimum absolute atomic E-state index is 0.0936. The summed E-state index contributed by atoms with van der Waals surface area (Å²) in [6.07, 6.45) is -0.142. The maximum atomic E-state index is 12.4. The molecule has 0 aliphatic heterocycles. The highest BCUT2D eigenvalue weighted by molar-refractivity contribution is 7.89. The van der Waals surface area contributed by atoms with E-state index < -0.39 is 22.7 Å². The van der Waals surface area contributed by atoms with Crippen LogP contribution in [0.15, 0.2) is 18.6 Å². The van der Waals surface area contributed by atoms with Crippen molar-refractivity contribution in [2.45, 2.75) is 25.1 Å². The zero-order valence-electron chi connectivity index (χ0n) is 14.4. The number of halogens is 3. The Morgan fingerprint density at radius 2 is 1.96 bits per heavy atom. The maximum Gasteiger partial charge on any atom is 0.402 e. The van der Waals surface area contributed by atoms with Gasteiger partial charge in [0.2, 0.25) is 10.0 Å². The highest BCUT2D eigenvalue weighted by Gasteiger charge is 2.39. The molecule has 0 radical (unpaired) electrons. The van der Waals surface area contributed by atoms with Gasteiger partial charge in [-0.25, -0.2) is 18.4 Å². The monoisotopic (exact) mass is 391 g/mol. The van der Waals surface area contributed by atoms with Crippen LogP contribution in [0.1, 0.15) is 12.8 Å². The number of nitrogens with one attached hydrogen (secondary N) is 1. The number of rotatable bonds is 6. The van der Waals surface area contributed by atoms with E-state index in [9.17, 15) is 21.6 Å². The molecule has 0 aromatic carbocycles. The van der Waals surface area contributed by atoms with E-state index in [1.54, 1.807) is 6.20 Å². The quantitative estimate of drug-likeness (QED) is 0.815. The number of alkyl halides is 3. The predicted molar refractivity (Wildman–Crippen MR) is 91.3 cm³/mol. The molecular formula is C15H20F3N5O2S. The SMILES string of the molecule is CN(c1ncnc2[nH]ccc12)C1CC(CS(=O)(=O)N(C)CC(F)(F)F)C1. The smallest absolute Gasteiger partial charge is 0.356 e. The van der Waals surface area contributed by atoms with Gasteiger partial charge < -0.3 is 9.88 Å². The van der Waals surface area contributed by atoms with Crippen molar-refractivity contribution in [2.75, 3.05) is 31.3 Å². The van der Waals surface area contributed by atoms with Gasteiger partial charge >= 0.3 is 6.18 Å². The van der Waals surface area contributed by atoms with Crippen molar-refractivity contribution in [2.24, 2.45) is 5.92 Å². The summed E-state index contributed by atoms with van der Waals surface area (Å²) in [4.78, 5) is 13.4. The second-order valence-electron chi connectivity index (χ2n) is 6.69. The van der Waals surface area contributed by atoms with Crippen LogP contribution in [-0.4, -0.2) is 66.3 Å². The van der Waals surface area contributed by atoms with Gasteiger partial charge in [-0.15, -0.1) is 0 Å². The van der Waals surface area contributed by atoms with Crippen LogP contribution in [0.25, 0.3) is 11.0 Å². The molecule has 11 heteroatoms. The van der Waals surface area contributed by atoms with Gasteiger partial charge in [0.1, 0.15) is 24.3 Å². The molecule has 1 aliphatic carbocycles. The molecule has 26 heavy (non-hydrogen) atoms. The first kappa shape index (κ1) is 18.9. The molecule has 1 aliphatic rings. The van der Waals surface area contributed by atoms with Gasteiger partial charge in [0.25, 0.3) is 0 Å². The molecular weight excluding hydrogens is 371 g/mol. The van der Waals surface area contributed by atoms with Crippen LogP contribution in [0.3, 0.4) is 0 Å². The Morgan fingerprint density at radius 1 is 1.27 bits per heavy atom. The molecule has 0 amide bonds. The van der Waals surface area contributed by atoms with Crippen molar-refractivity contribution in [3.8, 4) is 0 Å². The molecule has 2 aromatic heterocycles. The molecule has 0 saturated heterocycles. The van der Waals surface area contributed by atoms with Gasteiger partial charge in [0.15, 0.2) is 0 Å². The van der Waals surface area contributed by atoms with E-state index in [4.69, 9.17) is 0 Å². The van der Waals surface area contributed by atoms with Crippen molar-refractivity contribution >= 4 is 26.9 Å². The average molecular weight is 391 g/mol. The summed E-state index contributed by atoms with van der Waals surface area (Å²) in [6, 6.07) is 1.96. The van der Waals surface area contributed by atoms with E-state index in [1.807, 2.05) is 18.0 Å². The standard InChI is InChI=1S/C15H20F3N5O2S/c1-22(8-15(16,17)18)26(24,25)7-10-5-11(6-10)23(2)14-12-3-4-19-13(12)20-9-21-14/h3-4,9-11H,5-8H2,1-2H3,(H,19,20,21). The molecule has 0 spiro atoms. The number of fused-ring (bicyclic) bond motifs is 1. The molecule has 0 bridgehead atoms. The van der Waals surface area contributed by atoms with Crippen molar-refractivity contribution in [1.82, 2.24) is 19.3 Å². The van der Waals surface area contributed by atoms with E-state index in [0.29, 0.717) is 22.8 Å². The molecule has 144 valence electrons. The minimum Gasteiger partial charge on any atom is -0.356 e. The number of sulfonamides is 1. The van der Waals surface area contributed by atoms with Gasteiger partial charge in [0, 0.05) is 26.3 Å². The Bertz CT molecular complexity index is 877. The lowest BCUT2D eigenvalue weighted by molar-refractivity contribution is -0.134. The predicted octanol–water partition coefficient (Wildman–Crippen LogP) is 2.00. The highest BCUT2D eigenvalue weighted by atomic mass is 32.2. The van der Waals surface area contributed by atoms with E-state index in [1.165, 1.54) is 6.33 Å². The Labute approximate surface area is 149 Å². The maximum absolute atomic E-state index is 12.4. The van der Waals surface area contributed by atoms with Gasteiger partial charge in [-0.3, -0.25) is 0 Å². The first-order chi connectivity index (χ1) is 12.1. The van der Waals surface area contributed by atoms with Gasteiger partial charge in [0.05, 0.1) is 11.1 Å². The summed E-state index contributed by atoms with van der Waals surface area (Å²) in [5, 5.41) is 0.871. The molecule has 7 nitrogen and oxygen atoms in total. The van der Waals surface area contributed by atoms with Crippen LogP contribution in [0.2, 0.25) is 0 Å². The van der Waals surface area contributed by atoms with Crippen LogP contribution in [0, 0.1) is 5.92 Å². The van der Waals surface area contributed by atoms with Crippen molar-refractivity contribution in [1.29, 1.82) is 0 Å². The van der Waals surface area contributed by atoms with Gasteiger partial charge in [-0.1, -0.05) is 0 Å². The topological polar surface area (TPSA) is 82.2 Å². The molecule has 3 rings (SSSR count). The van der Waals surface area contributed by atoms with E-state index in [-0.39, 0.29) is 17.7 Å². The van der Waals surface area contributed by atoms with Crippen LogP contribution in [0.4, 0.5) is 19.0 Å². The second-order valence-corrected chi connectivity index (χ2v) is 8.81. The van der Waals surface area contributed by atoms with E-state index >= 15 is 0 Å². The summed E-state index contributed by atoms with van der Waals surface area (Å²) >= 11 is 0. The van der Waals surface area contributed by atoms with Gasteiger partial charge in [-0.05, 0) is 24.8 Å². The summed E-state index contributed by atoms with van der Waals surface area (Å²) in [7, 11) is -1.09. The molecule has 2 heterocycles. The van der Waals surface area contributed by atoms with Crippen LogP contribution >= 0.6 is 0 Å². The van der Waals surface area contributed by atoms with E-state index in [2.05, 4.69) is 15.0 Å². The number of anilines is 1. The number of hydrogen-bond donors (Lipinski definition) is 1. The molecule has 1 saturated carbocycles. The average Bonchev–Trinajstić information content (AvgIpc) is 2.96. The Morgan fingerprint density at radius 3 is 2.62 bits per heavy atom. The lowest BCUT2D eigenvalue weighted by Crippen LogP contribution is -2.47. The summed E-state index contributed by atoms with van der Waals surface area (Å²) in [5.41, 5.74) is 0.717. The van der Waals surface area contributed by atoms with E-state index in [0.717, 1.165) is 18.3 Å². The first-order valence-electron chi connectivity index (χ1n) is 8.08. The first-order valence-corrected chi connectivity index (χ1v) is 9.69. The third-order valence-corrected chi connectivity index (χ3v) is 6.72. The van der Waals surface area contributed by atoms with Crippen LogP contribution < -0.4 is 4.90 Å². The Hall–Kier alpha value is -1.88. The number of H-pyrrole nitrogens is 1. The third-order valence-electron chi connectivity index (χ3n) is 4.75. The van der Waals surface area contributed by atoms with Crippen molar-refractivity contribution in [3.05, 3.63) is 18.6 Å². The molecule has 2 aromatic rings. The minimum atomic E-state index is -4.54. The lowest BCUT2D eigenvalue weighted by atomic mass is 9.81. The number of aromatic amines is 1. The number of hydrogen-bond acceptors (Lipinski definition) is 5. The fourth-order valence-corrected chi connectivity index (χ4v) is 4.71. The zero-order chi connectivity index (χ0) is 19.1. The largest absolute Gasteiger partial charge is 0.402 e. The molecule has 0 unspecified atom stereocenters. The summed E-state index contributed by atoms with van der Waals surface area (Å²) in [5.74, 6) is 0.316. The fourth-order valence-electron chi connectivity index (χ4n) is 3.24. The van der Waals surface area contributed by atoms with Crippen molar-refractivity contribution in [3.63, 3.8) is 0 Å². The summed E-state index contributed by atoms with van der Waals surface area (Å²) < 4.78 is 61.8. The normalized spacial score (nSPS) is 21.2. The second kappa shape index (κ2) is 6.69. The molecule has 1 N–H and O–H groups in total. The summed E-state index contributed by atoms with van der Waals surface area (Å²) in [6.45, 7) is -1.46. The Kier molecular flexibility index (Phi) is 4.86. The van der Waals surface area contributed by atoms with Crippen LogP contribution in [0.5, 0.6) is 0 Å². The third kappa shape index (κ3) is 3.93. The fraction of sp³-hybridized carbons (Fsp3) is 0.600. The lowest BCUT2D eigenvalue weighted by Gasteiger charge is -2.42.